The van der Waals surface area contributed by atoms with E-state index in [0.717, 1.165) is 23.9 Å². The van der Waals surface area contributed by atoms with Gasteiger partial charge >= 0.3 is 0 Å². The van der Waals surface area contributed by atoms with Crippen molar-refractivity contribution in [2.75, 3.05) is 13.1 Å². The lowest BCUT2D eigenvalue weighted by Crippen LogP contribution is -2.45. The summed E-state index contributed by atoms with van der Waals surface area (Å²) in [6, 6.07) is 1.52. The number of nitrogens with one attached hydrogen (secondary N) is 2. The van der Waals surface area contributed by atoms with Crippen molar-refractivity contribution in [1.82, 2.24) is 10.6 Å². The molecule has 0 spiro atoms. The summed E-state index contributed by atoms with van der Waals surface area (Å²) in [4.78, 5) is 0. The second-order valence-electron chi connectivity index (χ2n) is 5.77. The van der Waals surface area contributed by atoms with Crippen LogP contribution in [0.2, 0.25) is 0 Å². The third kappa shape index (κ3) is 2.98. The molecule has 2 N–H and O–H groups in total. The van der Waals surface area contributed by atoms with Crippen molar-refractivity contribution in [1.29, 1.82) is 0 Å². The molecule has 1 heterocycles. The molecule has 4 atom stereocenters. The lowest BCUT2D eigenvalue weighted by molar-refractivity contribution is 0.316. The molecule has 1 aliphatic heterocycles. The van der Waals surface area contributed by atoms with Crippen LogP contribution in [0, 0.1) is 11.8 Å². The second-order valence-corrected chi connectivity index (χ2v) is 5.77. The molecular formula is C14H28N2. The van der Waals surface area contributed by atoms with Gasteiger partial charge in [-0.3, -0.25) is 0 Å². The minimum absolute atomic E-state index is 0.738. The first kappa shape index (κ1) is 12.4. The monoisotopic (exact) mass is 224 g/mol. The van der Waals surface area contributed by atoms with Gasteiger partial charge in [-0.2, -0.15) is 0 Å². The standard InChI is InChI=1S/C14H28N2/c1-3-12-7-8-14(11(12)2)16-10-13-6-4-5-9-15-13/h11-16H,3-10H2,1-2H3. The Morgan fingerprint density at radius 3 is 2.69 bits per heavy atom. The number of rotatable bonds is 4. The zero-order valence-electron chi connectivity index (χ0n) is 11.0. The van der Waals surface area contributed by atoms with Crippen LogP contribution in [0.4, 0.5) is 0 Å². The average molecular weight is 224 g/mol. The highest BCUT2D eigenvalue weighted by Crippen LogP contribution is 2.33. The number of hydrogen-bond donors (Lipinski definition) is 2. The van der Waals surface area contributed by atoms with Crippen LogP contribution in [-0.2, 0) is 0 Å². The lowest BCUT2D eigenvalue weighted by Gasteiger charge is -2.27. The Bertz CT molecular complexity index is 199. The average Bonchev–Trinajstić information content (AvgIpc) is 2.69. The van der Waals surface area contributed by atoms with Crippen LogP contribution in [0.25, 0.3) is 0 Å². The molecule has 94 valence electrons. The van der Waals surface area contributed by atoms with Crippen LogP contribution in [-0.4, -0.2) is 25.2 Å². The molecule has 2 fully saturated rings. The zero-order chi connectivity index (χ0) is 11.4. The van der Waals surface area contributed by atoms with Gasteiger partial charge in [-0.05, 0) is 44.1 Å². The van der Waals surface area contributed by atoms with Crippen molar-refractivity contribution in [3.8, 4) is 0 Å². The van der Waals surface area contributed by atoms with Crippen molar-refractivity contribution in [3.63, 3.8) is 0 Å². The molecule has 4 unspecified atom stereocenters. The van der Waals surface area contributed by atoms with E-state index in [1.165, 1.54) is 51.6 Å². The summed E-state index contributed by atoms with van der Waals surface area (Å²) in [6.45, 7) is 7.19. The molecular weight excluding hydrogens is 196 g/mol. The van der Waals surface area contributed by atoms with Gasteiger partial charge in [-0.1, -0.05) is 26.7 Å². The van der Waals surface area contributed by atoms with Gasteiger partial charge in [0, 0.05) is 18.6 Å². The highest BCUT2D eigenvalue weighted by atomic mass is 15.0. The molecule has 0 aromatic heterocycles. The molecule has 1 aliphatic carbocycles. The third-order valence-electron chi connectivity index (χ3n) is 4.79. The van der Waals surface area contributed by atoms with Gasteiger partial charge in [-0.15, -0.1) is 0 Å². The summed E-state index contributed by atoms with van der Waals surface area (Å²) in [5.41, 5.74) is 0. The van der Waals surface area contributed by atoms with E-state index in [4.69, 9.17) is 0 Å². The topological polar surface area (TPSA) is 24.1 Å². The van der Waals surface area contributed by atoms with Crippen molar-refractivity contribution in [2.45, 2.75) is 64.5 Å². The van der Waals surface area contributed by atoms with Crippen LogP contribution in [0.3, 0.4) is 0 Å². The van der Waals surface area contributed by atoms with Crippen LogP contribution >= 0.6 is 0 Å². The Morgan fingerprint density at radius 1 is 1.19 bits per heavy atom. The van der Waals surface area contributed by atoms with E-state index < -0.39 is 0 Å². The predicted molar refractivity (Wildman–Crippen MR) is 69.6 cm³/mol. The Morgan fingerprint density at radius 2 is 2.06 bits per heavy atom. The molecule has 2 heteroatoms. The Labute approximate surface area is 101 Å². The van der Waals surface area contributed by atoms with Crippen LogP contribution < -0.4 is 10.6 Å². The Kier molecular flexibility index (Phi) is 4.66. The third-order valence-corrected chi connectivity index (χ3v) is 4.79. The SMILES string of the molecule is CCC1CCC(NCC2CCCCN2)C1C. The van der Waals surface area contributed by atoms with E-state index in [-0.39, 0.29) is 0 Å². The van der Waals surface area contributed by atoms with Crippen molar-refractivity contribution in [3.05, 3.63) is 0 Å². The summed E-state index contributed by atoms with van der Waals surface area (Å²) < 4.78 is 0. The molecule has 0 amide bonds. The quantitative estimate of drug-likeness (QED) is 0.767. The summed E-state index contributed by atoms with van der Waals surface area (Å²) in [5.74, 6) is 1.85. The minimum Gasteiger partial charge on any atom is -0.313 e. The van der Waals surface area contributed by atoms with E-state index in [2.05, 4.69) is 24.5 Å². The normalized spacial score (nSPS) is 40.1. The van der Waals surface area contributed by atoms with Gasteiger partial charge in [0.1, 0.15) is 0 Å². The first-order valence-corrected chi connectivity index (χ1v) is 7.28. The van der Waals surface area contributed by atoms with E-state index in [1.54, 1.807) is 0 Å². The first-order chi connectivity index (χ1) is 7.81. The van der Waals surface area contributed by atoms with E-state index >= 15 is 0 Å². The summed E-state index contributed by atoms with van der Waals surface area (Å²) in [6.07, 6.45) is 8.34. The lowest BCUT2D eigenvalue weighted by atomic mass is 9.93. The van der Waals surface area contributed by atoms with Crippen LogP contribution in [0.1, 0.15) is 52.4 Å². The molecule has 0 aromatic rings. The second kappa shape index (κ2) is 6.02. The molecule has 2 aliphatic rings. The highest BCUT2D eigenvalue weighted by molar-refractivity contribution is 4.87. The van der Waals surface area contributed by atoms with Crippen molar-refractivity contribution >= 4 is 0 Å². The molecule has 0 bridgehead atoms. The summed E-state index contributed by atoms with van der Waals surface area (Å²) in [5, 5.41) is 7.42. The van der Waals surface area contributed by atoms with Crippen LogP contribution in [0.15, 0.2) is 0 Å². The van der Waals surface area contributed by atoms with Gasteiger partial charge in [0.05, 0.1) is 0 Å². The van der Waals surface area contributed by atoms with Gasteiger partial charge in [0.2, 0.25) is 0 Å². The maximum Gasteiger partial charge on any atom is 0.0192 e. The summed E-state index contributed by atoms with van der Waals surface area (Å²) >= 11 is 0. The fourth-order valence-corrected chi connectivity index (χ4v) is 3.50. The number of piperidine rings is 1. The zero-order valence-corrected chi connectivity index (χ0v) is 11.0. The van der Waals surface area contributed by atoms with Gasteiger partial charge in [0.25, 0.3) is 0 Å². The largest absolute Gasteiger partial charge is 0.313 e. The molecule has 1 saturated heterocycles. The Hall–Kier alpha value is -0.0800. The molecule has 16 heavy (non-hydrogen) atoms. The van der Waals surface area contributed by atoms with Crippen molar-refractivity contribution < 1.29 is 0 Å². The van der Waals surface area contributed by atoms with Gasteiger partial charge < -0.3 is 10.6 Å². The first-order valence-electron chi connectivity index (χ1n) is 7.28. The molecule has 0 radical (unpaired) electrons. The fraction of sp³-hybridized carbons (Fsp3) is 1.00. The number of hydrogen-bond acceptors (Lipinski definition) is 2. The van der Waals surface area contributed by atoms with Crippen LogP contribution in [0.5, 0.6) is 0 Å². The van der Waals surface area contributed by atoms with E-state index in [9.17, 15) is 0 Å². The molecule has 2 rings (SSSR count). The minimum atomic E-state index is 0.738. The van der Waals surface area contributed by atoms with Gasteiger partial charge in [-0.25, -0.2) is 0 Å². The highest BCUT2D eigenvalue weighted by Gasteiger charge is 2.31. The Balaban J connectivity index is 1.69. The summed E-state index contributed by atoms with van der Waals surface area (Å²) in [7, 11) is 0. The van der Waals surface area contributed by atoms with Gasteiger partial charge in [0.15, 0.2) is 0 Å². The fourth-order valence-electron chi connectivity index (χ4n) is 3.50. The maximum atomic E-state index is 3.80. The van der Waals surface area contributed by atoms with E-state index in [1.807, 2.05) is 0 Å². The maximum absolute atomic E-state index is 3.80. The van der Waals surface area contributed by atoms with Crippen molar-refractivity contribution in [2.24, 2.45) is 11.8 Å². The smallest absolute Gasteiger partial charge is 0.0192 e. The van der Waals surface area contributed by atoms with E-state index in [0.29, 0.717) is 0 Å². The molecule has 1 saturated carbocycles. The predicted octanol–water partition coefficient (Wildman–Crippen LogP) is 2.54. The molecule has 2 nitrogen and oxygen atoms in total. The molecule has 0 aromatic carbocycles.